The zero-order chi connectivity index (χ0) is 12.7. The molecular weight excluding hydrogens is 228 g/mol. The largest absolute Gasteiger partial charge is 0.349 e. The fourth-order valence-corrected chi connectivity index (χ4v) is 2.13. The number of aromatic amines is 1. The van der Waals surface area contributed by atoms with Crippen molar-refractivity contribution in [2.24, 2.45) is 0 Å². The highest BCUT2D eigenvalue weighted by atomic mass is 16.1. The Kier molecular flexibility index (Phi) is 2.37. The number of carbonyl (C=O) groups is 1. The Labute approximate surface area is 104 Å². The number of nitrogens with zero attached hydrogens (tertiary/aromatic N) is 3. The van der Waals surface area contributed by atoms with Crippen molar-refractivity contribution in [2.75, 3.05) is 0 Å². The van der Waals surface area contributed by atoms with Gasteiger partial charge in [0.1, 0.15) is 12.2 Å². The van der Waals surface area contributed by atoms with E-state index < -0.39 is 0 Å². The second kappa shape index (κ2) is 3.91. The lowest BCUT2D eigenvalue weighted by atomic mass is 10.2. The first-order chi connectivity index (χ1) is 8.69. The third-order valence-electron chi connectivity index (χ3n) is 3.12. The van der Waals surface area contributed by atoms with E-state index in [9.17, 15) is 4.79 Å². The van der Waals surface area contributed by atoms with Gasteiger partial charge in [0.2, 0.25) is 0 Å². The van der Waals surface area contributed by atoms with Crippen LogP contribution in [0.3, 0.4) is 0 Å². The monoisotopic (exact) mass is 240 g/mol. The molecule has 0 spiro atoms. The summed E-state index contributed by atoms with van der Waals surface area (Å²) in [6, 6.07) is 3.58. The average Bonchev–Trinajstić information content (AvgIpc) is 3.08. The molecule has 2 aromatic heterocycles. The van der Waals surface area contributed by atoms with Gasteiger partial charge in [-0.3, -0.25) is 4.79 Å². The van der Waals surface area contributed by atoms with Crippen LogP contribution in [-0.4, -0.2) is 20.7 Å². The van der Waals surface area contributed by atoms with E-state index in [1.54, 1.807) is 6.07 Å². The molecule has 1 fully saturated rings. The molecule has 1 aliphatic rings. The Morgan fingerprint density at radius 2 is 2.33 bits per heavy atom. The first-order valence-electron chi connectivity index (χ1n) is 5.96. The summed E-state index contributed by atoms with van der Waals surface area (Å²) in [6.45, 7) is 1.86. The van der Waals surface area contributed by atoms with Gasteiger partial charge in [-0.05, 0) is 25.8 Å². The number of hydrogen-bond donors (Lipinski definition) is 1. The summed E-state index contributed by atoms with van der Waals surface area (Å²) in [7, 11) is 0. The Morgan fingerprint density at radius 1 is 1.56 bits per heavy atom. The Bertz CT molecular complexity index is 676. The normalized spacial score (nSPS) is 14.7. The van der Waals surface area contributed by atoms with E-state index in [-0.39, 0.29) is 12.2 Å². The molecule has 0 amide bonds. The summed E-state index contributed by atoms with van der Waals surface area (Å²) < 4.78 is 0. The number of aryl methyl sites for hydroxylation is 1. The highest BCUT2D eigenvalue weighted by molar-refractivity contribution is 6.00. The van der Waals surface area contributed by atoms with Crippen LogP contribution in [0.1, 0.15) is 47.2 Å². The van der Waals surface area contributed by atoms with Crippen molar-refractivity contribution in [3.05, 3.63) is 23.3 Å². The van der Waals surface area contributed by atoms with Crippen LogP contribution in [0, 0.1) is 18.3 Å². The zero-order valence-corrected chi connectivity index (χ0v) is 10.0. The molecule has 2 heterocycles. The smallest absolute Gasteiger partial charge is 0.193 e. The highest BCUT2D eigenvalue weighted by Crippen LogP contribution is 2.41. The minimum atomic E-state index is -0.199. The number of nitriles is 1. The van der Waals surface area contributed by atoms with Gasteiger partial charge in [0.15, 0.2) is 5.78 Å². The van der Waals surface area contributed by atoms with E-state index in [1.165, 1.54) is 0 Å². The Balaban J connectivity index is 2.13. The van der Waals surface area contributed by atoms with Crippen molar-refractivity contribution in [3.63, 3.8) is 0 Å². The van der Waals surface area contributed by atoms with Crippen LogP contribution in [0.2, 0.25) is 0 Å². The van der Waals surface area contributed by atoms with Crippen LogP contribution in [0.5, 0.6) is 0 Å². The van der Waals surface area contributed by atoms with Crippen molar-refractivity contribution in [1.82, 2.24) is 15.0 Å². The SMILES string of the molecule is Cc1nc(C2CC2)c2[nH]c(C(=O)CC#N)cc2n1. The summed E-state index contributed by atoms with van der Waals surface area (Å²) in [5, 5.41) is 8.56. The molecule has 5 nitrogen and oxygen atoms in total. The van der Waals surface area contributed by atoms with E-state index in [2.05, 4.69) is 15.0 Å². The molecule has 3 rings (SSSR count). The third-order valence-corrected chi connectivity index (χ3v) is 3.12. The summed E-state index contributed by atoms with van der Waals surface area (Å²) >= 11 is 0. The van der Waals surface area contributed by atoms with Gasteiger partial charge in [0, 0.05) is 5.92 Å². The van der Waals surface area contributed by atoms with E-state index >= 15 is 0 Å². The number of nitrogens with one attached hydrogen (secondary N) is 1. The number of H-pyrrole nitrogens is 1. The van der Waals surface area contributed by atoms with Gasteiger partial charge in [-0.25, -0.2) is 9.97 Å². The first kappa shape index (κ1) is 10.9. The molecule has 0 saturated heterocycles. The minimum Gasteiger partial charge on any atom is -0.349 e. The van der Waals surface area contributed by atoms with Crippen molar-refractivity contribution in [1.29, 1.82) is 5.26 Å². The lowest BCUT2D eigenvalue weighted by Crippen LogP contribution is -1.97. The summed E-state index contributed by atoms with van der Waals surface area (Å²) in [5.41, 5.74) is 3.08. The molecule has 0 unspecified atom stereocenters. The summed E-state index contributed by atoms with van der Waals surface area (Å²) in [4.78, 5) is 23.6. The molecule has 0 atom stereocenters. The molecule has 1 N–H and O–H groups in total. The van der Waals surface area contributed by atoms with E-state index in [4.69, 9.17) is 5.26 Å². The molecular formula is C13H12N4O. The molecule has 0 bridgehead atoms. The Morgan fingerprint density at radius 3 is 3.00 bits per heavy atom. The maximum Gasteiger partial charge on any atom is 0.193 e. The second-order valence-corrected chi connectivity index (χ2v) is 4.63. The van der Waals surface area contributed by atoms with Gasteiger partial charge in [-0.15, -0.1) is 0 Å². The molecule has 2 aromatic rings. The average molecular weight is 240 g/mol. The van der Waals surface area contributed by atoms with Crippen molar-refractivity contribution >= 4 is 16.8 Å². The molecule has 1 saturated carbocycles. The predicted molar refractivity (Wildman–Crippen MR) is 65.2 cm³/mol. The number of rotatable bonds is 3. The van der Waals surface area contributed by atoms with Crippen LogP contribution in [0.4, 0.5) is 0 Å². The van der Waals surface area contributed by atoms with Gasteiger partial charge >= 0.3 is 0 Å². The molecule has 0 aliphatic heterocycles. The second-order valence-electron chi connectivity index (χ2n) is 4.63. The lowest BCUT2D eigenvalue weighted by molar-refractivity contribution is 0.0994. The molecule has 18 heavy (non-hydrogen) atoms. The topological polar surface area (TPSA) is 82.4 Å². The number of hydrogen-bond acceptors (Lipinski definition) is 4. The zero-order valence-electron chi connectivity index (χ0n) is 10.0. The quantitative estimate of drug-likeness (QED) is 0.834. The Hall–Kier alpha value is -2.22. The van der Waals surface area contributed by atoms with E-state index in [0.717, 1.165) is 35.4 Å². The third kappa shape index (κ3) is 1.76. The number of ketones is 1. The molecule has 90 valence electrons. The van der Waals surface area contributed by atoms with Crippen LogP contribution in [-0.2, 0) is 0 Å². The summed E-state index contributed by atoms with van der Waals surface area (Å²) in [5.74, 6) is 1.02. The maximum absolute atomic E-state index is 11.7. The van der Waals surface area contributed by atoms with Crippen molar-refractivity contribution < 1.29 is 4.79 Å². The highest BCUT2D eigenvalue weighted by Gasteiger charge is 2.28. The van der Waals surface area contributed by atoms with Crippen molar-refractivity contribution in [3.8, 4) is 6.07 Å². The van der Waals surface area contributed by atoms with Gasteiger partial charge in [-0.1, -0.05) is 0 Å². The lowest BCUT2D eigenvalue weighted by Gasteiger charge is -2.00. The van der Waals surface area contributed by atoms with E-state index in [1.807, 2.05) is 13.0 Å². The maximum atomic E-state index is 11.7. The molecule has 5 heteroatoms. The number of aromatic nitrogens is 3. The van der Waals surface area contributed by atoms with Crippen LogP contribution >= 0.6 is 0 Å². The standard InChI is InChI=1S/C13H12N4O/c1-7-15-10-6-9(11(18)4-5-14)17-13(10)12(16-7)8-2-3-8/h6,8,17H,2-4H2,1H3. The van der Waals surface area contributed by atoms with Gasteiger partial charge in [0.25, 0.3) is 0 Å². The molecule has 1 aliphatic carbocycles. The van der Waals surface area contributed by atoms with Crippen molar-refractivity contribution in [2.45, 2.75) is 32.1 Å². The number of Topliss-reactive ketones (excluding diaryl/α,β-unsaturated/α-hetero) is 1. The predicted octanol–water partition coefficient (Wildman–Crippen LogP) is 2.24. The molecule has 0 radical (unpaired) electrons. The van der Waals surface area contributed by atoms with Crippen LogP contribution in [0.25, 0.3) is 11.0 Å². The fraction of sp³-hybridized carbons (Fsp3) is 0.385. The molecule has 0 aromatic carbocycles. The van der Waals surface area contributed by atoms with Crippen LogP contribution < -0.4 is 0 Å². The van der Waals surface area contributed by atoms with Gasteiger partial charge in [0.05, 0.1) is 28.5 Å². The first-order valence-corrected chi connectivity index (χ1v) is 5.96. The summed E-state index contributed by atoms with van der Waals surface area (Å²) in [6.07, 6.45) is 2.18. The minimum absolute atomic E-state index is 0.113. The van der Waals surface area contributed by atoms with E-state index in [0.29, 0.717) is 11.6 Å². The number of fused-ring (bicyclic) bond motifs is 1. The van der Waals surface area contributed by atoms with Gasteiger partial charge < -0.3 is 4.98 Å². The fourth-order valence-electron chi connectivity index (χ4n) is 2.13. The number of carbonyl (C=O) groups excluding carboxylic acids is 1. The van der Waals surface area contributed by atoms with Crippen LogP contribution in [0.15, 0.2) is 6.07 Å². The van der Waals surface area contributed by atoms with Gasteiger partial charge in [-0.2, -0.15) is 5.26 Å².